The molecule has 0 bridgehead atoms. The Bertz CT molecular complexity index is 751. The molecule has 0 aromatic heterocycles. The second-order valence-electron chi connectivity index (χ2n) is 5.98. The van der Waals surface area contributed by atoms with Gasteiger partial charge in [-0.25, -0.2) is 9.18 Å². The molecule has 2 aromatic carbocycles. The highest BCUT2D eigenvalue weighted by atomic mass is 19.1. The third-order valence-electron chi connectivity index (χ3n) is 4.37. The van der Waals surface area contributed by atoms with Crippen molar-refractivity contribution in [1.29, 1.82) is 0 Å². The molecule has 1 aliphatic rings. The third kappa shape index (κ3) is 2.67. The van der Waals surface area contributed by atoms with Crippen LogP contribution in [0.2, 0.25) is 0 Å². The lowest BCUT2D eigenvalue weighted by Gasteiger charge is -2.39. The van der Waals surface area contributed by atoms with Crippen LogP contribution in [0.1, 0.15) is 36.5 Å². The van der Waals surface area contributed by atoms with E-state index >= 15 is 0 Å². The minimum Gasteiger partial charge on any atom is -0.446 e. The van der Waals surface area contributed by atoms with E-state index in [4.69, 9.17) is 4.74 Å². The van der Waals surface area contributed by atoms with Crippen LogP contribution in [0.4, 0.5) is 4.39 Å². The van der Waals surface area contributed by atoms with Gasteiger partial charge in [-0.3, -0.25) is 0 Å². The Morgan fingerprint density at radius 1 is 1.17 bits per heavy atom. The molecule has 0 aliphatic heterocycles. The van der Waals surface area contributed by atoms with Crippen molar-refractivity contribution >= 4 is 5.97 Å². The van der Waals surface area contributed by atoms with E-state index < -0.39 is 11.6 Å². The van der Waals surface area contributed by atoms with E-state index in [1.807, 2.05) is 36.4 Å². The topological polar surface area (TPSA) is 26.3 Å². The summed E-state index contributed by atoms with van der Waals surface area (Å²) in [6, 6.07) is 14.5. The molecule has 3 rings (SSSR count). The lowest BCUT2D eigenvalue weighted by atomic mass is 9.74. The number of halogens is 1. The van der Waals surface area contributed by atoms with Crippen molar-refractivity contribution < 1.29 is 13.9 Å². The smallest absolute Gasteiger partial charge is 0.334 e. The van der Waals surface area contributed by atoms with Gasteiger partial charge in [0.25, 0.3) is 0 Å². The highest BCUT2D eigenvalue weighted by molar-refractivity contribution is 5.87. The normalized spacial score (nSPS) is 19.7. The molecule has 3 heteroatoms. The highest BCUT2D eigenvalue weighted by Gasteiger charge is 2.42. The Labute approximate surface area is 135 Å². The molecule has 0 spiro atoms. The molecule has 118 valence electrons. The zero-order valence-electron chi connectivity index (χ0n) is 13.1. The van der Waals surface area contributed by atoms with Gasteiger partial charge in [-0.05, 0) is 37.8 Å². The zero-order chi connectivity index (χ0) is 16.4. The first-order valence-corrected chi connectivity index (χ1v) is 7.77. The molecule has 2 aromatic rings. The van der Waals surface area contributed by atoms with Gasteiger partial charge in [0.2, 0.25) is 0 Å². The molecule has 1 atom stereocenters. The van der Waals surface area contributed by atoms with Crippen molar-refractivity contribution in [3.63, 3.8) is 0 Å². The molecule has 23 heavy (non-hydrogen) atoms. The predicted molar refractivity (Wildman–Crippen MR) is 87.5 cm³/mol. The maximum absolute atomic E-state index is 14.3. The molecule has 0 N–H and O–H groups in total. The molecule has 2 nitrogen and oxygen atoms in total. The van der Waals surface area contributed by atoms with Crippen molar-refractivity contribution in [2.24, 2.45) is 0 Å². The molecule has 0 fully saturated rings. The Kier molecular flexibility index (Phi) is 4.03. The summed E-state index contributed by atoms with van der Waals surface area (Å²) in [5.41, 5.74) is 1.62. The summed E-state index contributed by atoms with van der Waals surface area (Å²) in [6.07, 6.45) is 2.04. The van der Waals surface area contributed by atoms with Crippen LogP contribution in [-0.4, -0.2) is 5.97 Å². The fraction of sp³-hybridized carbons (Fsp3) is 0.250. The molecule has 0 saturated heterocycles. The van der Waals surface area contributed by atoms with E-state index in [0.29, 0.717) is 24.0 Å². The minimum absolute atomic E-state index is 0.242. The second-order valence-corrected chi connectivity index (χ2v) is 5.98. The number of ether oxygens (including phenoxy) is 1. The first-order valence-electron chi connectivity index (χ1n) is 7.77. The monoisotopic (exact) mass is 310 g/mol. The van der Waals surface area contributed by atoms with Gasteiger partial charge in [0.1, 0.15) is 5.82 Å². The van der Waals surface area contributed by atoms with Gasteiger partial charge in [0, 0.05) is 16.7 Å². The van der Waals surface area contributed by atoms with E-state index in [9.17, 15) is 9.18 Å². The van der Waals surface area contributed by atoms with Crippen molar-refractivity contribution in [2.45, 2.75) is 31.8 Å². The van der Waals surface area contributed by atoms with Crippen molar-refractivity contribution in [1.82, 2.24) is 0 Å². The maximum Gasteiger partial charge on any atom is 0.334 e. The third-order valence-corrected chi connectivity index (χ3v) is 4.37. The van der Waals surface area contributed by atoms with Crippen LogP contribution in [0, 0.1) is 5.82 Å². The van der Waals surface area contributed by atoms with Gasteiger partial charge in [0.05, 0.1) is 0 Å². The van der Waals surface area contributed by atoms with E-state index in [0.717, 1.165) is 17.5 Å². The first-order chi connectivity index (χ1) is 11.0. The number of hydrogen-bond donors (Lipinski definition) is 0. The largest absolute Gasteiger partial charge is 0.446 e. The summed E-state index contributed by atoms with van der Waals surface area (Å²) in [7, 11) is 0. The summed E-state index contributed by atoms with van der Waals surface area (Å²) < 4.78 is 20.2. The summed E-state index contributed by atoms with van der Waals surface area (Å²) in [5, 5.41) is 0. The van der Waals surface area contributed by atoms with Crippen LogP contribution in [0.25, 0.3) is 0 Å². The number of esters is 1. The molecular formula is C20H19FO2. The second kappa shape index (κ2) is 5.99. The standard InChI is InChI=1S/C20H19FO2/c1-14(2)19(22)23-20(15-8-4-3-5-9-15)13-7-10-16-17(20)11-6-12-18(16)21/h3-6,8-9,11-12H,1,7,10,13H2,2H3. The van der Waals surface area contributed by atoms with Crippen molar-refractivity contribution in [2.75, 3.05) is 0 Å². The van der Waals surface area contributed by atoms with Gasteiger partial charge < -0.3 is 4.74 Å². The molecule has 0 saturated carbocycles. The Hall–Kier alpha value is -2.42. The van der Waals surface area contributed by atoms with Crippen LogP contribution >= 0.6 is 0 Å². The predicted octanol–water partition coefficient (Wildman–Crippen LogP) is 4.52. The Morgan fingerprint density at radius 2 is 1.91 bits per heavy atom. The van der Waals surface area contributed by atoms with E-state index in [2.05, 4.69) is 6.58 Å². The summed E-state index contributed by atoms with van der Waals surface area (Å²) in [4.78, 5) is 12.3. The quantitative estimate of drug-likeness (QED) is 0.615. The van der Waals surface area contributed by atoms with E-state index in [1.165, 1.54) is 6.07 Å². The van der Waals surface area contributed by atoms with Crippen LogP contribution in [0.3, 0.4) is 0 Å². The van der Waals surface area contributed by atoms with Crippen molar-refractivity contribution in [3.05, 3.63) is 83.2 Å². The van der Waals surface area contributed by atoms with Gasteiger partial charge in [-0.15, -0.1) is 0 Å². The Morgan fingerprint density at radius 3 is 2.61 bits per heavy atom. The molecule has 0 heterocycles. The van der Waals surface area contributed by atoms with Gasteiger partial charge >= 0.3 is 5.97 Å². The molecular weight excluding hydrogens is 291 g/mol. The summed E-state index contributed by atoms with van der Waals surface area (Å²) >= 11 is 0. The average Bonchev–Trinajstić information content (AvgIpc) is 2.56. The zero-order valence-corrected chi connectivity index (χ0v) is 13.1. The molecule has 0 radical (unpaired) electrons. The summed E-state index contributed by atoms with van der Waals surface area (Å²) in [6.45, 7) is 5.29. The van der Waals surface area contributed by atoms with Gasteiger partial charge in [0.15, 0.2) is 5.60 Å². The van der Waals surface area contributed by atoms with Crippen LogP contribution in [0.5, 0.6) is 0 Å². The fourth-order valence-corrected chi connectivity index (χ4v) is 3.26. The maximum atomic E-state index is 14.3. The SMILES string of the molecule is C=C(C)C(=O)OC1(c2ccccc2)CCCc2c(F)cccc21. The lowest BCUT2D eigenvalue weighted by Crippen LogP contribution is -2.38. The number of carbonyl (C=O) groups excluding carboxylic acids is 1. The van der Waals surface area contributed by atoms with Crippen LogP contribution < -0.4 is 0 Å². The lowest BCUT2D eigenvalue weighted by molar-refractivity contribution is -0.153. The highest BCUT2D eigenvalue weighted by Crippen LogP contribution is 2.44. The van der Waals surface area contributed by atoms with Gasteiger partial charge in [-0.1, -0.05) is 49.0 Å². The minimum atomic E-state index is -0.951. The Balaban J connectivity index is 2.21. The van der Waals surface area contributed by atoms with E-state index in [1.54, 1.807) is 13.0 Å². The van der Waals surface area contributed by atoms with Crippen molar-refractivity contribution in [3.8, 4) is 0 Å². The molecule has 0 amide bonds. The number of fused-ring (bicyclic) bond motifs is 1. The first kappa shape index (κ1) is 15.5. The summed E-state index contributed by atoms with van der Waals surface area (Å²) in [5.74, 6) is -0.695. The van der Waals surface area contributed by atoms with E-state index in [-0.39, 0.29) is 5.82 Å². The number of hydrogen-bond acceptors (Lipinski definition) is 2. The number of benzene rings is 2. The molecule has 1 aliphatic carbocycles. The fourth-order valence-electron chi connectivity index (χ4n) is 3.26. The van der Waals surface area contributed by atoms with Crippen LogP contribution in [0.15, 0.2) is 60.7 Å². The number of rotatable bonds is 3. The molecule has 1 unspecified atom stereocenters. The average molecular weight is 310 g/mol. The van der Waals surface area contributed by atoms with Gasteiger partial charge in [-0.2, -0.15) is 0 Å². The van der Waals surface area contributed by atoms with Crippen LogP contribution in [-0.2, 0) is 21.6 Å². The number of carbonyl (C=O) groups is 1.